The van der Waals surface area contributed by atoms with Gasteiger partial charge in [0.05, 0.1) is 0 Å². The van der Waals surface area contributed by atoms with Gasteiger partial charge in [-0.15, -0.1) is 0 Å². The number of thiocarbonyl (C=S) groups is 1. The highest BCUT2D eigenvalue weighted by Gasteiger charge is 2.10. The van der Waals surface area contributed by atoms with E-state index in [4.69, 9.17) is 17.0 Å². The first-order chi connectivity index (χ1) is 16.7. The number of anilines is 1. The molecule has 0 aromatic heterocycles. The predicted molar refractivity (Wildman–Crippen MR) is 141 cm³/mol. The fraction of sp³-hybridized carbons (Fsp3) is 0.120. The molecule has 4 N–H and O–H groups in total. The van der Waals surface area contributed by atoms with E-state index in [9.17, 15) is 14.4 Å². The molecule has 180 valence electrons. The summed E-state index contributed by atoms with van der Waals surface area (Å²) in [7, 11) is 0. The van der Waals surface area contributed by atoms with Gasteiger partial charge in [0.15, 0.2) is 11.7 Å². The lowest BCUT2D eigenvalue weighted by atomic mass is 10.1. The van der Waals surface area contributed by atoms with E-state index in [2.05, 4.69) is 37.4 Å². The summed E-state index contributed by atoms with van der Waals surface area (Å²) in [6.07, 6.45) is 0. The van der Waals surface area contributed by atoms with Gasteiger partial charge in [0.25, 0.3) is 17.7 Å². The molecule has 0 saturated heterocycles. The van der Waals surface area contributed by atoms with E-state index < -0.39 is 11.8 Å². The Labute approximate surface area is 216 Å². The number of nitrogens with one attached hydrogen (secondary N) is 4. The van der Waals surface area contributed by atoms with Crippen LogP contribution >= 0.6 is 28.1 Å². The Morgan fingerprint density at radius 2 is 1.63 bits per heavy atom. The van der Waals surface area contributed by atoms with E-state index in [-0.39, 0.29) is 17.6 Å². The second-order valence-electron chi connectivity index (χ2n) is 7.56. The number of hydrogen-bond acceptors (Lipinski definition) is 5. The van der Waals surface area contributed by atoms with Crippen LogP contribution in [-0.2, 0) is 4.79 Å². The summed E-state index contributed by atoms with van der Waals surface area (Å²) in [5.41, 5.74) is 8.25. The number of carbonyl (C=O) groups is 3. The van der Waals surface area contributed by atoms with Crippen molar-refractivity contribution < 1.29 is 19.1 Å². The summed E-state index contributed by atoms with van der Waals surface area (Å²) in [5, 5.41) is 5.12. The number of aryl methyl sites for hydroxylation is 2. The van der Waals surface area contributed by atoms with Gasteiger partial charge in [-0.3, -0.25) is 30.6 Å². The summed E-state index contributed by atoms with van der Waals surface area (Å²) in [5.74, 6) is -0.648. The topological polar surface area (TPSA) is 109 Å². The third-order valence-corrected chi connectivity index (χ3v) is 5.82. The predicted octanol–water partition coefficient (Wildman–Crippen LogP) is 4.03. The summed E-state index contributed by atoms with van der Waals surface area (Å²) in [6.45, 7) is 3.58. The van der Waals surface area contributed by atoms with Crippen molar-refractivity contribution in [1.29, 1.82) is 0 Å². The van der Waals surface area contributed by atoms with Crippen LogP contribution in [0.1, 0.15) is 31.8 Å². The average Bonchev–Trinajstić information content (AvgIpc) is 2.83. The smallest absolute Gasteiger partial charge is 0.269 e. The van der Waals surface area contributed by atoms with Crippen LogP contribution in [0.15, 0.2) is 71.2 Å². The zero-order valence-electron chi connectivity index (χ0n) is 19.0. The summed E-state index contributed by atoms with van der Waals surface area (Å²) in [4.78, 5) is 36.7. The number of rotatable bonds is 6. The standard InChI is InChI=1S/C25H23BrN4O4S/c1-15-4-3-5-18(12-15)23(32)27-19-8-6-17(7-9-19)24(33)29-30-25(35)28-22(31)14-34-20-10-11-21(26)16(2)13-20/h3-13H,14H2,1-2H3,(H,27,32)(H,29,33)(H2,28,30,31,35). The Morgan fingerprint density at radius 3 is 2.31 bits per heavy atom. The largest absolute Gasteiger partial charge is 0.484 e. The van der Waals surface area contributed by atoms with Gasteiger partial charge < -0.3 is 10.1 Å². The third kappa shape index (κ3) is 7.90. The van der Waals surface area contributed by atoms with Gasteiger partial charge in [-0.2, -0.15) is 0 Å². The van der Waals surface area contributed by atoms with Gasteiger partial charge in [0.2, 0.25) is 0 Å². The number of benzene rings is 3. The van der Waals surface area contributed by atoms with Gasteiger partial charge in [-0.1, -0.05) is 33.6 Å². The zero-order valence-corrected chi connectivity index (χ0v) is 21.4. The fourth-order valence-corrected chi connectivity index (χ4v) is 3.34. The minimum absolute atomic E-state index is 0.0824. The Morgan fingerprint density at radius 1 is 0.886 bits per heavy atom. The molecule has 0 fully saturated rings. The van der Waals surface area contributed by atoms with Crippen molar-refractivity contribution in [3.8, 4) is 5.75 Å². The maximum atomic E-state index is 12.3. The average molecular weight is 555 g/mol. The van der Waals surface area contributed by atoms with Crippen LogP contribution in [-0.4, -0.2) is 29.4 Å². The van der Waals surface area contributed by atoms with E-state index in [1.54, 1.807) is 48.5 Å². The van der Waals surface area contributed by atoms with Crippen LogP contribution in [0.25, 0.3) is 0 Å². The fourth-order valence-electron chi connectivity index (χ4n) is 2.93. The van der Waals surface area contributed by atoms with Crippen LogP contribution in [0.3, 0.4) is 0 Å². The molecule has 10 heteroatoms. The minimum atomic E-state index is -0.481. The molecule has 8 nitrogen and oxygen atoms in total. The molecular weight excluding hydrogens is 532 g/mol. The van der Waals surface area contributed by atoms with Crippen molar-refractivity contribution >= 4 is 56.7 Å². The lowest BCUT2D eigenvalue weighted by Gasteiger charge is -2.12. The highest BCUT2D eigenvalue weighted by atomic mass is 79.9. The Bertz CT molecular complexity index is 1260. The first kappa shape index (κ1) is 25.9. The number of hydrogen-bond donors (Lipinski definition) is 4. The number of halogens is 1. The Hall–Kier alpha value is -3.76. The van der Waals surface area contributed by atoms with Gasteiger partial charge in [-0.05, 0) is 86.2 Å². The van der Waals surface area contributed by atoms with Gasteiger partial charge in [0.1, 0.15) is 5.75 Å². The molecule has 35 heavy (non-hydrogen) atoms. The monoisotopic (exact) mass is 554 g/mol. The molecular formula is C25H23BrN4O4S. The van der Waals surface area contributed by atoms with Crippen molar-refractivity contribution in [3.05, 3.63) is 93.5 Å². The molecule has 0 heterocycles. The summed E-state index contributed by atoms with van der Waals surface area (Å²) in [6, 6.07) is 18.9. The van der Waals surface area contributed by atoms with Crippen molar-refractivity contribution in [2.24, 2.45) is 0 Å². The highest BCUT2D eigenvalue weighted by molar-refractivity contribution is 9.10. The Kier molecular flexibility index (Phi) is 8.93. The highest BCUT2D eigenvalue weighted by Crippen LogP contribution is 2.21. The van der Waals surface area contributed by atoms with Crippen molar-refractivity contribution in [2.75, 3.05) is 11.9 Å². The minimum Gasteiger partial charge on any atom is -0.484 e. The molecule has 0 bridgehead atoms. The lowest BCUT2D eigenvalue weighted by Crippen LogP contribution is -2.49. The van der Waals surface area contributed by atoms with Crippen LogP contribution in [0.5, 0.6) is 5.75 Å². The normalized spacial score (nSPS) is 10.1. The molecule has 0 atom stereocenters. The molecule has 3 aromatic rings. The van der Waals surface area contributed by atoms with Crippen LogP contribution < -0.4 is 26.2 Å². The van der Waals surface area contributed by atoms with Crippen molar-refractivity contribution in [1.82, 2.24) is 16.2 Å². The number of carbonyl (C=O) groups excluding carboxylic acids is 3. The van der Waals surface area contributed by atoms with E-state index in [1.165, 1.54) is 0 Å². The van der Waals surface area contributed by atoms with Crippen LogP contribution in [0, 0.1) is 13.8 Å². The summed E-state index contributed by atoms with van der Waals surface area (Å²) < 4.78 is 6.38. The number of hydrazine groups is 1. The van der Waals surface area contributed by atoms with Crippen molar-refractivity contribution in [3.63, 3.8) is 0 Å². The molecule has 0 radical (unpaired) electrons. The van der Waals surface area contributed by atoms with Crippen LogP contribution in [0.4, 0.5) is 5.69 Å². The first-order valence-electron chi connectivity index (χ1n) is 10.5. The number of ether oxygens (including phenoxy) is 1. The summed E-state index contributed by atoms with van der Waals surface area (Å²) >= 11 is 8.42. The maximum absolute atomic E-state index is 12.3. The molecule has 3 aromatic carbocycles. The lowest BCUT2D eigenvalue weighted by molar-refractivity contribution is -0.121. The molecule has 3 amide bonds. The second-order valence-corrected chi connectivity index (χ2v) is 8.82. The second kappa shape index (κ2) is 12.1. The van der Waals surface area contributed by atoms with E-state index in [0.717, 1.165) is 15.6 Å². The van der Waals surface area contributed by atoms with E-state index >= 15 is 0 Å². The molecule has 0 unspecified atom stereocenters. The quantitative estimate of drug-likeness (QED) is 0.270. The first-order valence-corrected chi connectivity index (χ1v) is 11.7. The number of amides is 3. The molecule has 0 aliphatic carbocycles. The third-order valence-electron chi connectivity index (χ3n) is 4.73. The van der Waals surface area contributed by atoms with Crippen molar-refractivity contribution in [2.45, 2.75) is 13.8 Å². The van der Waals surface area contributed by atoms with Gasteiger partial charge in [0, 0.05) is 21.3 Å². The SMILES string of the molecule is Cc1cccc(C(=O)Nc2ccc(C(=O)NNC(=S)NC(=O)COc3ccc(Br)c(C)c3)cc2)c1. The zero-order chi connectivity index (χ0) is 25.4. The van der Waals surface area contributed by atoms with E-state index in [1.807, 2.05) is 32.0 Å². The molecule has 0 saturated carbocycles. The molecule has 0 spiro atoms. The van der Waals surface area contributed by atoms with E-state index in [0.29, 0.717) is 22.6 Å². The van der Waals surface area contributed by atoms with Crippen LogP contribution in [0.2, 0.25) is 0 Å². The Balaban J connectivity index is 1.42. The molecule has 0 aliphatic heterocycles. The molecule has 3 rings (SSSR count). The van der Waals surface area contributed by atoms with Gasteiger partial charge >= 0.3 is 0 Å². The molecule has 0 aliphatic rings. The maximum Gasteiger partial charge on any atom is 0.269 e. The van der Waals surface area contributed by atoms with Gasteiger partial charge in [-0.25, -0.2) is 0 Å².